The molecule has 28 N–H and O–H groups in total. The molecule has 43 heteroatoms. The van der Waals surface area contributed by atoms with Crippen LogP contribution in [0.3, 0.4) is 0 Å². The number of unbranched alkanes of at least 4 members (excludes halogenated alkanes) is 1. The van der Waals surface area contributed by atoms with Crippen LogP contribution in [0.25, 0.3) is 0 Å². The number of guanidine groups is 1. The summed E-state index contributed by atoms with van der Waals surface area (Å²) in [5.41, 5.74) is 35.4. The molecule has 0 unspecified atom stereocenters. The molecule has 2 aliphatic rings. The van der Waals surface area contributed by atoms with E-state index in [-0.39, 0.29) is 139 Å². The van der Waals surface area contributed by atoms with E-state index in [1.165, 1.54) is 24.3 Å². The lowest BCUT2D eigenvalue weighted by Gasteiger charge is -2.31. The molecule has 3 aromatic rings. The number of aliphatic hydroxyl groups excluding tert-OH is 1. The second-order valence-corrected chi connectivity index (χ2v) is 31.3. The highest BCUT2D eigenvalue weighted by molar-refractivity contribution is 6.02. The van der Waals surface area contributed by atoms with E-state index in [9.17, 15) is 112 Å². The number of aromatic hydroxyl groups is 1. The van der Waals surface area contributed by atoms with E-state index in [1.54, 1.807) is 88.4 Å². The molecule has 3 aromatic carbocycles. The third-order valence-electron chi connectivity index (χ3n) is 20.2. The monoisotopic (exact) mass is 1740 g/mol. The Morgan fingerprint density at radius 1 is 0.419 bits per heavy atom. The topological polar surface area (TPSA) is 716 Å². The maximum absolute atomic E-state index is 14.8. The average Bonchev–Trinajstić information content (AvgIpc) is 1.67. The number of aliphatic imine (C=N–C) groups is 1. The Morgan fingerprint density at radius 3 is 1.23 bits per heavy atom. The molecule has 0 aromatic heterocycles. The lowest BCUT2D eigenvalue weighted by molar-refractivity contribution is -0.145. The van der Waals surface area contributed by atoms with Crippen LogP contribution in [-0.2, 0) is 106 Å². The minimum atomic E-state index is -2.16. The van der Waals surface area contributed by atoms with Crippen molar-refractivity contribution in [3.05, 3.63) is 102 Å². The zero-order valence-electron chi connectivity index (χ0n) is 69.7. The lowest BCUT2D eigenvalue weighted by atomic mass is 9.98. The molecule has 0 radical (unpaired) electrons. The number of carboxylic acids is 3. The Bertz CT molecular complexity index is 4230. The number of benzene rings is 3. The summed E-state index contributed by atoms with van der Waals surface area (Å²) in [6, 6.07) is -0.506. The fraction of sp³-hybridized carbons (Fsp3) is 0.543. The zero-order valence-corrected chi connectivity index (χ0v) is 69.7. The predicted octanol–water partition coefficient (Wildman–Crippen LogP) is -5.50. The second-order valence-electron chi connectivity index (χ2n) is 31.3. The van der Waals surface area contributed by atoms with Crippen LogP contribution in [0.15, 0.2) is 89.9 Å². The van der Waals surface area contributed by atoms with E-state index in [2.05, 4.69) is 63.5 Å². The summed E-state index contributed by atoms with van der Waals surface area (Å²) in [5.74, 6) is -21.7. The summed E-state index contributed by atoms with van der Waals surface area (Å²) in [6.07, 6.45) is -5.30. The molecular formula is C81H118N20O23. The zero-order chi connectivity index (χ0) is 92.0. The van der Waals surface area contributed by atoms with Gasteiger partial charge in [0.1, 0.15) is 90.3 Å². The number of amides is 15. The highest BCUT2D eigenvalue weighted by Crippen LogP contribution is 2.24. The molecule has 0 aliphatic carbocycles. The maximum Gasteiger partial charge on any atom is 0.326 e. The molecule has 0 saturated carbocycles. The summed E-state index contributed by atoms with van der Waals surface area (Å²) in [6.45, 7) is 5.83. The summed E-state index contributed by atoms with van der Waals surface area (Å²) in [4.78, 5) is 255. The second kappa shape index (κ2) is 51.1. The van der Waals surface area contributed by atoms with Gasteiger partial charge in [0.25, 0.3) is 0 Å². The van der Waals surface area contributed by atoms with Gasteiger partial charge < -0.3 is 128 Å². The Balaban J connectivity index is 1.37. The van der Waals surface area contributed by atoms with Crippen LogP contribution in [-0.4, -0.2) is 265 Å². The number of carboxylic acid groups (broad SMARTS) is 3. The fourth-order valence-corrected chi connectivity index (χ4v) is 13.9. The minimum absolute atomic E-state index is 0.00904. The van der Waals surface area contributed by atoms with Gasteiger partial charge in [-0.05, 0) is 124 Å². The predicted molar refractivity (Wildman–Crippen MR) is 444 cm³/mol. The number of hydrogen-bond acceptors (Lipinski definition) is 23. The quantitative estimate of drug-likeness (QED) is 0.0142. The standard InChI is InChI=1S/C81H118N20O23/c1-43(2)34-53(93-71(114)54(35-44(3)4)94-73(116)55(92-67(110)49(83)42-102)36-45-16-7-5-8-17-45)70(113)90-51(21-13-31-88-81(86)87)69(112)98-59(40-64(85)105)79(122)101-33-15-22-61(101)76(119)97-57(39-63(84)104)74(117)96-58(41-66(108)109)75(118)89-50(20-11-12-30-82)68(111)95-56(37-47-24-26-48(103)27-25-47)72(115)91-52(28-29-65(106)107)78(121)100-32-14-23-62(100)77(120)99-60(80(123)124)38-46-18-9-6-10-19-46/h5-10,16-19,24-27,43-44,49-62,102-103H,11-15,20-23,28-42,82-83H2,1-4H3,(H2,84,104)(H2,85,105)(H,89,118)(H,90,113)(H,91,115)(H,92,110)(H,93,114)(H,94,116)(H,95,111)(H,96,117)(H,97,119)(H,98,112)(H,99,120)(H,106,107)(H,108,109)(H,123,124)(H4,86,87,88)/t49-,50-,51-,52-,53-,54-,55-,56-,57-,58-,59-,60-,61-,62+/m0/s1. The largest absolute Gasteiger partial charge is 0.508 e. The van der Waals surface area contributed by atoms with Crippen LogP contribution in [0, 0.1) is 11.8 Å². The first-order valence-corrected chi connectivity index (χ1v) is 40.8. The Hall–Kier alpha value is -12.9. The van der Waals surface area contributed by atoms with Crippen LogP contribution in [0.5, 0.6) is 5.75 Å². The van der Waals surface area contributed by atoms with Gasteiger partial charge in [0.2, 0.25) is 88.6 Å². The first-order chi connectivity index (χ1) is 58.7. The molecule has 2 aliphatic heterocycles. The SMILES string of the molecule is CC(C)C[C@H](NC(=O)[C@H](CC(C)C)NC(=O)[C@H](Cc1ccccc1)NC(=O)[C@@H](N)CO)C(=O)N[C@@H](CCCN=C(N)N)C(=O)N[C@@H](CC(N)=O)C(=O)N1CCC[C@H]1C(=O)N[C@@H](CC(N)=O)C(=O)N[C@@H](CC(=O)O)C(=O)N[C@@H](CCCCN)C(=O)N[C@@H](Cc1ccc(O)cc1)C(=O)N[C@@H](CCC(=O)O)C(=O)N1CCC[C@@H]1C(=O)N[C@@H](Cc1ccccc1)C(=O)O. The van der Waals surface area contributed by atoms with Gasteiger partial charge in [-0.1, -0.05) is 100 Å². The van der Waals surface area contributed by atoms with Crippen LogP contribution in [0.1, 0.15) is 147 Å². The highest BCUT2D eigenvalue weighted by Gasteiger charge is 2.44. The molecule has 14 atom stereocenters. The summed E-state index contributed by atoms with van der Waals surface area (Å²) < 4.78 is 0. The van der Waals surface area contributed by atoms with Gasteiger partial charge in [-0.25, -0.2) is 4.79 Å². The molecule has 0 spiro atoms. The number of hydrogen-bond donors (Lipinski definition) is 22. The van der Waals surface area contributed by atoms with E-state index in [1.807, 2.05) is 0 Å². The Kier molecular flexibility index (Phi) is 41.9. The normalized spacial score (nSPS) is 16.5. The smallest absolute Gasteiger partial charge is 0.326 e. The number of nitrogens with zero attached hydrogens (tertiary/aromatic N) is 3. The van der Waals surface area contributed by atoms with E-state index in [0.717, 1.165) is 9.80 Å². The van der Waals surface area contributed by atoms with Crippen molar-refractivity contribution >= 4 is 112 Å². The molecule has 680 valence electrons. The van der Waals surface area contributed by atoms with Crippen molar-refractivity contribution < 1.29 is 112 Å². The highest BCUT2D eigenvalue weighted by atomic mass is 16.4. The third kappa shape index (κ3) is 34.5. The van der Waals surface area contributed by atoms with Crippen LogP contribution >= 0.6 is 0 Å². The number of nitrogens with one attached hydrogen (secondary N) is 11. The lowest BCUT2D eigenvalue weighted by Crippen LogP contribution is -2.61. The number of likely N-dealkylation sites (tertiary alicyclic amines) is 2. The van der Waals surface area contributed by atoms with Gasteiger partial charge in [0.15, 0.2) is 5.96 Å². The number of aliphatic carboxylic acids is 3. The van der Waals surface area contributed by atoms with Gasteiger partial charge in [-0.3, -0.25) is 86.5 Å². The van der Waals surface area contributed by atoms with Crippen molar-refractivity contribution in [2.75, 3.05) is 32.8 Å². The van der Waals surface area contributed by atoms with Gasteiger partial charge in [0, 0.05) is 45.3 Å². The minimum Gasteiger partial charge on any atom is -0.508 e. The number of rotatable bonds is 53. The number of aliphatic hydroxyl groups is 1. The molecule has 2 heterocycles. The first kappa shape index (κ1) is 102. The van der Waals surface area contributed by atoms with Gasteiger partial charge >= 0.3 is 17.9 Å². The van der Waals surface area contributed by atoms with Crippen molar-refractivity contribution in [3.8, 4) is 5.75 Å². The van der Waals surface area contributed by atoms with Crippen molar-refractivity contribution in [3.63, 3.8) is 0 Å². The summed E-state index contributed by atoms with van der Waals surface area (Å²) in [5, 5.41) is 77.1. The van der Waals surface area contributed by atoms with Crippen LogP contribution in [0.4, 0.5) is 0 Å². The number of carbonyl (C=O) groups excluding carboxylic acids is 15. The first-order valence-electron chi connectivity index (χ1n) is 40.8. The Labute approximate surface area is 715 Å². The number of primary amides is 2. The van der Waals surface area contributed by atoms with Crippen molar-refractivity contribution in [2.45, 2.75) is 234 Å². The number of phenols is 1. The number of phenolic OH excluding ortho intramolecular Hbond substituents is 1. The number of carbonyl (C=O) groups is 18. The molecule has 5 rings (SSSR count). The van der Waals surface area contributed by atoms with Gasteiger partial charge in [-0.2, -0.15) is 0 Å². The maximum atomic E-state index is 14.8. The molecule has 43 nitrogen and oxygen atoms in total. The number of nitrogens with two attached hydrogens (primary N) is 6. The van der Waals surface area contributed by atoms with E-state index in [0.29, 0.717) is 11.1 Å². The molecule has 15 amide bonds. The molecule has 2 saturated heterocycles. The fourth-order valence-electron chi connectivity index (χ4n) is 13.9. The molecule has 124 heavy (non-hydrogen) atoms. The summed E-state index contributed by atoms with van der Waals surface area (Å²) >= 11 is 0. The third-order valence-corrected chi connectivity index (χ3v) is 20.2. The van der Waals surface area contributed by atoms with Gasteiger partial charge in [0.05, 0.1) is 25.9 Å². The van der Waals surface area contributed by atoms with Crippen LogP contribution in [0.2, 0.25) is 0 Å². The van der Waals surface area contributed by atoms with Crippen molar-refractivity contribution in [1.82, 2.24) is 68.3 Å². The van der Waals surface area contributed by atoms with Crippen molar-refractivity contribution in [1.29, 1.82) is 0 Å². The Morgan fingerprint density at radius 2 is 0.790 bits per heavy atom. The molecule has 0 bridgehead atoms. The van der Waals surface area contributed by atoms with Crippen molar-refractivity contribution in [2.24, 2.45) is 51.2 Å². The van der Waals surface area contributed by atoms with Crippen LogP contribution < -0.4 is 92.9 Å². The van der Waals surface area contributed by atoms with E-state index in [4.69, 9.17) is 34.4 Å². The van der Waals surface area contributed by atoms with E-state index >= 15 is 0 Å². The summed E-state index contributed by atoms with van der Waals surface area (Å²) in [7, 11) is 0. The molecule has 2 fully saturated rings. The van der Waals surface area contributed by atoms with Gasteiger partial charge in [-0.15, -0.1) is 0 Å². The average molecular weight is 1740 g/mol. The van der Waals surface area contributed by atoms with E-state index < -0.39 is 236 Å². The molecular weight excluding hydrogens is 1620 g/mol.